The summed E-state index contributed by atoms with van der Waals surface area (Å²) in [5.41, 5.74) is 0.529. The van der Waals surface area contributed by atoms with E-state index in [2.05, 4.69) is 5.32 Å². The van der Waals surface area contributed by atoms with Gasteiger partial charge in [0.05, 0.1) is 18.1 Å². The number of hydrogen-bond acceptors (Lipinski definition) is 3. The van der Waals surface area contributed by atoms with E-state index < -0.39 is 5.54 Å². The summed E-state index contributed by atoms with van der Waals surface area (Å²) in [6.07, 6.45) is 1.66. The Labute approximate surface area is 156 Å². The van der Waals surface area contributed by atoms with Crippen molar-refractivity contribution in [3.63, 3.8) is 0 Å². The third kappa shape index (κ3) is 4.90. The molecule has 1 atom stereocenters. The Morgan fingerprint density at radius 1 is 1.27 bits per heavy atom. The molecule has 144 valence electrons. The lowest BCUT2D eigenvalue weighted by molar-refractivity contribution is -0.128. The molecule has 1 N–H and O–H groups in total. The van der Waals surface area contributed by atoms with Crippen molar-refractivity contribution in [3.05, 3.63) is 29.8 Å². The molecule has 26 heavy (non-hydrogen) atoms. The Kier molecular flexibility index (Phi) is 6.51. The molecular weight excluding hydrogens is 330 g/mol. The Hall–Kier alpha value is -2.24. The third-order valence-corrected chi connectivity index (χ3v) is 4.77. The number of ether oxygens (including phenoxy) is 1. The van der Waals surface area contributed by atoms with Crippen LogP contribution in [0.25, 0.3) is 0 Å². The number of amides is 3. The van der Waals surface area contributed by atoms with Crippen LogP contribution >= 0.6 is 0 Å². The zero-order valence-corrected chi connectivity index (χ0v) is 16.5. The molecule has 3 amide bonds. The summed E-state index contributed by atoms with van der Waals surface area (Å²) < 4.78 is 5.47. The molecule has 1 aromatic rings. The number of likely N-dealkylation sites (tertiary alicyclic amines) is 1. The highest BCUT2D eigenvalue weighted by Crippen LogP contribution is 2.25. The molecule has 6 nitrogen and oxygen atoms in total. The van der Waals surface area contributed by atoms with Crippen molar-refractivity contribution >= 4 is 11.9 Å². The molecule has 0 aliphatic carbocycles. The number of benzene rings is 1. The summed E-state index contributed by atoms with van der Waals surface area (Å²) in [5.74, 6) is 0.651. The van der Waals surface area contributed by atoms with Crippen molar-refractivity contribution in [2.45, 2.75) is 39.2 Å². The van der Waals surface area contributed by atoms with Crippen molar-refractivity contribution in [2.24, 2.45) is 5.92 Å². The lowest BCUT2D eigenvalue weighted by atomic mass is 9.91. The SMILES string of the molecule is CCOc1ccc(C(C)(C)NC(=O)C2CCCN(C(=O)N(C)C)C2)cc1. The standard InChI is InChI=1S/C20H31N3O3/c1-6-26-17-11-9-16(10-12-17)20(2,3)21-18(24)15-8-7-13-23(14-15)19(25)22(4)5/h9-12,15H,6-8,13-14H2,1-5H3,(H,21,24). The lowest BCUT2D eigenvalue weighted by Crippen LogP contribution is -2.51. The van der Waals surface area contributed by atoms with Gasteiger partial charge in [0.15, 0.2) is 0 Å². The first kappa shape index (κ1) is 20.1. The van der Waals surface area contributed by atoms with E-state index in [1.807, 2.05) is 45.0 Å². The summed E-state index contributed by atoms with van der Waals surface area (Å²) >= 11 is 0. The monoisotopic (exact) mass is 361 g/mol. The second kappa shape index (κ2) is 8.43. The normalized spacial score (nSPS) is 17.6. The number of piperidine rings is 1. The van der Waals surface area contributed by atoms with Gasteiger partial charge in [-0.2, -0.15) is 0 Å². The smallest absolute Gasteiger partial charge is 0.319 e. The first-order valence-electron chi connectivity index (χ1n) is 9.26. The van der Waals surface area contributed by atoms with E-state index in [1.54, 1.807) is 23.9 Å². The number of nitrogens with zero attached hydrogens (tertiary/aromatic N) is 2. The number of hydrogen-bond donors (Lipinski definition) is 1. The van der Waals surface area contributed by atoms with Gasteiger partial charge >= 0.3 is 6.03 Å². The van der Waals surface area contributed by atoms with Gasteiger partial charge in [-0.3, -0.25) is 4.79 Å². The van der Waals surface area contributed by atoms with Crippen LogP contribution in [-0.4, -0.2) is 55.5 Å². The fourth-order valence-corrected chi connectivity index (χ4v) is 3.26. The minimum atomic E-state index is -0.490. The minimum Gasteiger partial charge on any atom is -0.494 e. The van der Waals surface area contributed by atoms with Crippen LogP contribution in [0.1, 0.15) is 39.2 Å². The molecule has 0 bridgehead atoms. The fraction of sp³-hybridized carbons (Fsp3) is 0.600. The van der Waals surface area contributed by atoms with E-state index in [-0.39, 0.29) is 17.9 Å². The van der Waals surface area contributed by atoms with Gasteiger partial charge in [-0.05, 0) is 51.3 Å². The van der Waals surface area contributed by atoms with Crippen LogP contribution in [0.4, 0.5) is 4.79 Å². The predicted molar refractivity (Wildman–Crippen MR) is 102 cm³/mol. The maximum absolute atomic E-state index is 12.8. The molecule has 0 aromatic heterocycles. The fourth-order valence-electron chi connectivity index (χ4n) is 3.26. The molecule has 6 heteroatoms. The van der Waals surface area contributed by atoms with E-state index in [1.165, 1.54) is 0 Å². The highest BCUT2D eigenvalue weighted by atomic mass is 16.5. The van der Waals surface area contributed by atoms with Gasteiger partial charge < -0.3 is 19.9 Å². The van der Waals surface area contributed by atoms with Crippen LogP contribution < -0.4 is 10.1 Å². The summed E-state index contributed by atoms with van der Waals surface area (Å²) in [6.45, 7) is 7.75. The zero-order chi connectivity index (χ0) is 19.3. The molecule has 0 spiro atoms. The molecule has 1 heterocycles. The summed E-state index contributed by atoms with van der Waals surface area (Å²) in [7, 11) is 3.47. The van der Waals surface area contributed by atoms with E-state index >= 15 is 0 Å². The Balaban J connectivity index is 2.01. The molecule has 1 aliphatic rings. The molecule has 1 unspecified atom stereocenters. The molecular formula is C20H31N3O3. The van der Waals surface area contributed by atoms with Crippen molar-refractivity contribution in [1.82, 2.24) is 15.1 Å². The largest absolute Gasteiger partial charge is 0.494 e. The second-order valence-electron chi connectivity index (χ2n) is 7.53. The number of urea groups is 1. The molecule has 1 fully saturated rings. The minimum absolute atomic E-state index is 0.000130. The number of carbonyl (C=O) groups excluding carboxylic acids is 2. The summed E-state index contributed by atoms with van der Waals surface area (Å²) in [6, 6.07) is 7.77. The quantitative estimate of drug-likeness (QED) is 0.877. The van der Waals surface area contributed by atoms with E-state index in [0.29, 0.717) is 19.7 Å². The van der Waals surface area contributed by atoms with Crippen LogP contribution in [-0.2, 0) is 10.3 Å². The summed E-state index contributed by atoms with van der Waals surface area (Å²) in [5, 5.41) is 3.15. The van der Waals surface area contributed by atoms with Gasteiger partial charge in [-0.1, -0.05) is 12.1 Å². The van der Waals surface area contributed by atoms with E-state index in [0.717, 1.165) is 24.2 Å². The molecule has 1 aliphatic heterocycles. The van der Waals surface area contributed by atoms with Gasteiger partial charge in [-0.15, -0.1) is 0 Å². The average molecular weight is 361 g/mol. The van der Waals surface area contributed by atoms with Crippen molar-refractivity contribution in [1.29, 1.82) is 0 Å². The van der Waals surface area contributed by atoms with Crippen LogP contribution in [0.15, 0.2) is 24.3 Å². The van der Waals surface area contributed by atoms with E-state index in [4.69, 9.17) is 4.74 Å². The Bertz CT molecular complexity index is 626. The number of nitrogens with one attached hydrogen (secondary N) is 1. The van der Waals surface area contributed by atoms with Crippen molar-refractivity contribution in [2.75, 3.05) is 33.8 Å². The van der Waals surface area contributed by atoms with Crippen LogP contribution in [0.5, 0.6) is 5.75 Å². The van der Waals surface area contributed by atoms with Crippen molar-refractivity contribution in [3.8, 4) is 5.75 Å². The van der Waals surface area contributed by atoms with Crippen LogP contribution in [0, 0.1) is 5.92 Å². The third-order valence-electron chi connectivity index (χ3n) is 4.77. The molecule has 0 saturated carbocycles. The molecule has 1 saturated heterocycles. The highest BCUT2D eigenvalue weighted by Gasteiger charge is 2.32. The van der Waals surface area contributed by atoms with Crippen LogP contribution in [0.2, 0.25) is 0 Å². The van der Waals surface area contributed by atoms with E-state index in [9.17, 15) is 9.59 Å². The van der Waals surface area contributed by atoms with Crippen LogP contribution in [0.3, 0.4) is 0 Å². The Morgan fingerprint density at radius 2 is 1.92 bits per heavy atom. The van der Waals surface area contributed by atoms with Gasteiger partial charge in [-0.25, -0.2) is 4.79 Å². The zero-order valence-electron chi connectivity index (χ0n) is 16.5. The Morgan fingerprint density at radius 3 is 2.50 bits per heavy atom. The lowest BCUT2D eigenvalue weighted by Gasteiger charge is -2.36. The highest BCUT2D eigenvalue weighted by molar-refractivity contribution is 5.81. The van der Waals surface area contributed by atoms with Gasteiger partial charge in [0, 0.05) is 27.2 Å². The summed E-state index contributed by atoms with van der Waals surface area (Å²) in [4.78, 5) is 28.3. The molecule has 0 radical (unpaired) electrons. The van der Waals surface area contributed by atoms with Crippen molar-refractivity contribution < 1.29 is 14.3 Å². The number of carbonyl (C=O) groups is 2. The van der Waals surface area contributed by atoms with Gasteiger partial charge in [0.25, 0.3) is 0 Å². The van der Waals surface area contributed by atoms with Gasteiger partial charge in [0.2, 0.25) is 5.91 Å². The van der Waals surface area contributed by atoms with Gasteiger partial charge in [0.1, 0.15) is 5.75 Å². The second-order valence-corrected chi connectivity index (χ2v) is 7.53. The topological polar surface area (TPSA) is 61.9 Å². The molecule has 1 aromatic carbocycles. The average Bonchev–Trinajstić information content (AvgIpc) is 2.61. The molecule has 2 rings (SSSR count). The number of rotatable bonds is 5. The predicted octanol–water partition coefficient (Wildman–Crippen LogP) is 2.83. The maximum atomic E-state index is 12.8. The first-order valence-corrected chi connectivity index (χ1v) is 9.26. The maximum Gasteiger partial charge on any atom is 0.319 e. The first-order chi connectivity index (χ1) is 12.2.